The van der Waals surface area contributed by atoms with Crippen molar-refractivity contribution in [3.8, 4) is 11.5 Å². The fourth-order valence-electron chi connectivity index (χ4n) is 3.53. The van der Waals surface area contributed by atoms with Gasteiger partial charge in [0.15, 0.2) is 0 Å². The lowest BCUT2D eigenvalue weighted by Crippen LogP contribution is -2.12. The van der Waals surface area contributed by atoms with E-state index >= 15 is 0 Å². The smallest absolute Gasteiger partial charge is 0.349 e. The van der Waals surface area contributed by atoms with Crippen LogP contribution in [0.3, 0.4) is 0 Å². The van der Waals surface area contributed by atoms with E-state index in [0.29, 0.717) is 16.7 Å². The van der Waals surface area contributed by atoms with Crippen LogP contribution < -0.4 is 10.9 Å². The SMILES string of the molecule is O=c1oc2ccccc2c(O)c1C1=CC(c2ccc(O)cc2)Sc2ccccc2N1. The zero-order valence-electron chi connectivity index (χ0n) is 15.7. The van der Waals surface area contributed by atoms with Gasteiger partial charge in [0, 0.05) is 4.90 Å². The number of nitrogens with one attached hydrogen (secondary N) is 1. The first-order chi connectivity index (χ1) is 14.6. The molecule has 0 bridgehead atoms. The molecule has 3 N–H and O–H groups in total. The summed E-state index contributed by atoms with van der Waals surface area (Å²) in [5.74, 6) is 0.0716. The van der Waals surface area contributed by atoms with Crippen LogP contribution in [-0.4, -0.2) is 10.2 Å². The molecule has 5 rings (SSSR count). The van der Waals surface area contributed by atoms with Crippen molar-refractivity contribution < 1.29 is 14.6 Å². The predicted octanol–water partition coefficient (Wildman–Crippen LogP) is 5.50. The van der Waals surface area contributed by atoms with Gasteiger partial charge in [0.1, 0.15) is 22.6 Å². The summed E-state index contributed by atoms with van der Waals surface area (Å²) in [5.41, 5.74) is 2.08. The standard InChI is InChI=1S/C24H17NO4S/c26-15-11-9-14(10-12-15)21-13-18(25-17-6-2-4-8-20(17)30-21)22-23(27)16-5-1-3-7-19(16)29-24(22)28/h1-13,21,25-27H. The summed E-state index contributed by atoms with van der Waals surface area (Å²) in [7, 11) is 0. The first-order valence-electron chi connectivity index (χ1n) is 9.39. The minimum Gasteiger partial charge on any atom is -0.508 e. The summed E-state index contributed by atoms with van der Waals surface area (Å²) in [6, 6.07) is 21.7. The zero-order valence-corrected chi connectivity index (χ0v) is 16.5. The van der Waals surface area contributed by atoms with E-state index in [1.54, 1.807) is 48.2 Å². The molecule has 4 aromatic rings. The van der Waals surface area contributed by atoms with E-state index in [2.05, 4.69) is 5.32 Å². The fourth-order valence-corrected chi connectivity index (χ4v) is 4.70. The molecule has 1 aliphatic rings. The highest BCUT2D eigenvalue weighted by Crippen LogP contribution is 2.45. The molecular formula is C24H17NO4S. The van der Waals surface area contributed by atoms with Crippen LogP contribution in [0.4, 0.5) is 5.69 Å². The monoisotopic (exact) mass is 415 g/mol. The number of hydrogen-bond donors (Lipinski definition) is 3. The first-order valence-corrected chi connectivity index (χ1v) is 10.3. The van der Waals surface area contributed by atoms with Gasteiger partial charge < -0.3 is 19.9 Å². The maximum atomic E-state index is 12.8. The molecule has 1 atom stereocenters. The van der Waals surface area contributed by atoms with Crippen molar-refractivity contribution in [1.29, 1.82) is 0 Å². The van der Waals surface area contributed by atoms with Gasteiger partial charge in [-0.3, -0.25) is 0 Å². The third-order valence-electron chi connectivity index (χ3n) is 5.01. The molecule has 5 nitrogen and oxygen atoms in total. The van der Waals surface area contributed by atoms with Crippen LogP contribution in [0.25, 0.3) is 16.7 Å². The molecular weight excluding hydrogens is 398 g/mol. The van der Waals surface area contributed by atoms with Crippen molar-refractivity contribution in [3.63, 3.8) is 0 Å². The van der Waals surface area contributed by atoms with Crippen LogP contribution in [0.15, 0.2) is 93.0 Å². The minimum atomic E-state index is -0.612. The molecule has 0 saturated heterocycles. The van der Waals surface area contributed by atoms with Crippen molar-refractivity contribution >= 4 is 34.1 Å². The van der Waals surface area contributed by atoms with E-state index < -0.39 is 5.63 Å². The molecule has 0 amide bonds. The topological polar surface area (TPSA) is 82.7 Å². The van der Waals surface area contributed by atoms with Gasteiger partial charge in [-0.25, -0.2) is 4.79 Å². The Kier molecular flexibility index (Phi) is 4.48. The summed E-state index contributed by atoms with van der Waals surface area (Å²) in [4.78, 5) is 13.8. The number of para-hydroxylation sites is 2. The molecule has 6 heteroatoms. The third-order valence-corrected chi connectivity index (χ3v) is 6.28. The highest BCUT2D eigenvalue weighted by atomic mass is 32.2. The van der Waals surface area contributed by atoms with Crippen molar-refractivity contribution in [3.05, 3.63) is 100 Å². The molecule has 0 spiro atoms. The van der Waals surface area contributed by atoms with Crippen LogP contribution >= 0.6 is 11.8 Å². The van der Waals surface area contributed by atoms with E-state index in [1.165, 1.54) is 0 Å². The first kappa shape index (κ1) is 18.4. The molecule has 1 aromatic heterocycles. The summed E-state index contributed by atoms with van der Waals surface area (Å²) < 4.78 is 5.48. The van der Waals surface area contributed by atoms with Crippen LogP contribution in [-0.2, 0) is 0 Å². The number of benzene rings is 3. The van der Waals surface area contributed by atoms with Gasteiger partial charge in [-0.1, -0.05) is 36.4 Å². The van der Waals surface area contributed by atoms with E-state index in [1.807, 2.05) is 42.5 Å². The Morgan fingerprint density at radius 3 is 2.47 bits per heavy atom. The Labute approximate surface area is 176 Å². The average molecular weight is 415 g/mol. The van der Waals surface area contributed by atoms with Crippen molar-refractivity contribution in [2.24, 2.45) is 0 Å². The van der Waals surface area contributed by atoms with Crippen molar-refractivity contribution in [2.45, 2.75) is 10.1 Å². The lowest BCUT2D eigenvalue weighted by atomic mass is 10.1. The highest BCUT2D eigenvalue weighted by molar-refractivity contribution is 7.99. The van der Waals surface area contributed by atoms with E-state index in [-0.39, 0.29) is 22.3 Å². The Balaban J connectivity index is 1.72. The van der Waals surface area contributed by atoms with Crippen LogP contribution in [0, 0.1) is 0 Å². The van der Waals surface area contributed by atoms with Crippen LogP contribution in [0.2, 0.25) is 0 Å². The number of aromatic hydroxyl groups is 2. The van der Waals surface area contributed by atoms with E-state index in [9.17, 15) is 15.0 Å². The second kappa shape index (κ2) is 7.31. The second-order valence-electron chi connectivity index (χ2n) is 6.94. The van der Waals surface area contributed by atoms with E-state index in [4.69, 9.17) is 4.42 Å². The van der Waals surface area contributed by atoms with Crippen LogP contribution in [0.5, 0.6) is 11.5 Å². The number of phenols is 1. The molecule has 0 saturated carbocycles. The van der Waals surface area contributed by atoms with Gasteiger partial charge in [0.25, 0.3) is 0 Å². The average Bonchev–Trinajstić information content (AvgIpc) is 2.94. The molecule has 1 aliphatic heterocycles. The van der Waals surface area contributed by atoms with E-state index in [0.717, 1.165) is 16.1 Å². The molecule has 148 valence electrons. The van der Waals surface area contributed by atoms with Gasteiger partial charge in [-0.05, 0) is 48.0 Å². The van der Waals surface area contributed by atoms with Gasteiger partial charge in [-0.15, -0.1) is 11.8 Å². The Bertz CT molecular complexity index is 1340. The summed E-state index contributed by atoms with van der Waals surface area (Å²) in [6.07, 6.45) is 1.90. The second-order valence-corrected chi connectivity index (χ2v) is 8.12. The number of rotatable bonds is 2. The molecule has 30 heavy (non-hydrogen) atoms. The number of anilines is 1. The molecule has 3 aromatic carbocycles. The maximum absolute atomic E-state index is 12.8. The Hall–Kier alpha value is -3.64. The van der Waals surface area contributed by atoms with Gasteiger partial charge in [0.2, 0.25) is 0 Å². The zero-order chi connectivity index (χ0) is 20.7. The number of hydrogen-bond acceptors (Lipinski definition) is 6. The van der Waals surface area contributed by atoms with Gasteiger partial charge in [0.05, 0.1) is 22.0 Å². The number of thioether (sulfide) groups is 1. The number of phenolic OH excluding ortho intramolecular Hbond substituents is 1. The fraction of sp³-hybridized carbons (Fsp3) is 0.0417. The number of fused-ring (bicyclic) bond motifs is 2. The summed E-state index contributed by atoms with van der Waals surface area (Å²) in [6.45, 7) is 0. The van der Waals surface area contributed by atoms with Gasteiger partial charge in [-0.2, -0.15) is 0 Å². The molecule has 0 radical (unpaired) electrons. The lowest BCUT2D eigenvalue weighted by Gasteiger charge is -2.13. The van der Waals surface area contributed by atoms with Crippen LogP contribution in [0.1, 0.15) is 16.4 Å². The molecule has 0 aliphatic carbocycles. The largest absolute Gasteiger partial charge is 0.508 e. The quantitative estimate of drug-likeness (QED) is 0.375. The van der Waals surface area contributed by atoms with Gasteiger partial charge >= 0.3 is 5.63 Å². The normalized spacial score (nSPS) is 15.7. The minimum absolute atomic E-state index is 0.0924. The third kappa shape index (κ3) is 3.21. The molecule has 0 fully saturated rings. The lowest BCUT2D eigenvalue weighted by molar-refractivity contribution is 0.465. The van der Waals surface area contributed by atoms with Crippen molar-refractivity contribution in [2.75, 3.05) is 5.32 Å². The van der Waals surface area contributed by atoms with Crippen molar-refractivity contribution in [1.82, 2.24) is 0 Å². The molecule has 1 unspecified atom stereocenters. The predicted molar refractivity (Wildman–Crippen MR) is 119 cm³/mol. The Morgan fingerprint density at radius 1 is 0.900 bits per heavy atom. The summed E-state index contributed by atoms with van der Waals surface area (Å²) in [5, 5.41) is 24.2. The summed E-state index contributed by atoms with van der Waals surface area (Å²) >= 11 is 1.62. The Morgan fingerprint density at radius 2 is 1.63 bits per heavy atom. The molecule has 2 heterocycles. The highest BCUT2D eigenvalue weighted by Gasteiger charge is 2.24. The maximum Gasteiger partial charge on any atom is 0.349 e.